The fourth-order valence-corrected chi connectivity index (χ4v) is 4.99. The van der Waals surface area contributed by atoms with Gasteiger partial charge in [-0.05, 0) is 54.1 Å². The smallest absolute Gasteiger partial charge is 0.253 e. The van der Waals surface area contributed by atoms with E-state index in [9.17, 15) is 9.90 Å². The molecule has 1 aliphatic rings. The molecule has 25 heavy (non-hydrogen) atoms. The van der Waals surface area contributed by atoms with Crippen LogP contribution < -0.4 is 0 Å². The lowest BCUT2D eigenvalue weighted by molar-refractivity contribution is 0.0474. The zero-order chi connectivity index (χ0) is 17.2. The molecule has 5 heteroatoms. The normalized spacial score (nSPS) is 17.6. The Kier molecular flexibility index (Phi) is 4.70. The molecule has 0 radical (unpaired) electrons. The third-order valence-electron chi connectivity index (χ3n) is 4.47. The molecule has 1 atom stereocenters. The Bertz CT molecular complexity index is 852. The van der Waals surface area contributed by atoms with Gasteiger partial charge in [0.05, 0.1) is 6.10 Å². The Labute approximate surface area is 155 Å². The van der Waals surface area contributed by atoms with Gasteiger partial charge in [-0.15, -0.1) is 22.7 Å². The van der Waals surface area contributed by atoms with Gasteiger partial charge in [-0.3, -0.25) is 4.79 Å². The van der Waals surface area contributed by atoms with Crippen LogP contribution in [0.4, 0.5) is 0 Å². The number of hydrogen-bond donors (Lipinski definition) is 1. The number of carbonyl (C=O) groups excluding carboxylic acids is 1. The van der Waals surface area contributed by atoms with Gasteiger partial charge in [-0.1, -0.05) is 18.2 Å². The summed E-state index contributed by atoms with van der Waals surface area (Å²) in [6, 6.07) is 16.3. The number of carbonyl (C=O) groups is 1. The number of hydrogen-bond acceptors (Lipinski definition) is 4. The predicted octanol–water partition coefficient (Wildman–Crippen LogP) is 4.74. The van der Waals surface area contributed by atoms with Crippen molar-refractivity contribution in [3.63, 3.8) is 0 Å². The molecular formula is C20H19NO2S2. The number of aliphatic hydroxyl groups excluding tert-OH is 1. The molecule has 1 saturated heterocycles. The Morgan fingerprint density at radius 2 is 1.84 bits per heavy atom. The van der Waals surface area contributed by atoms with Crippen LogP contribution in [0.15, 0.2) is 53.9 Å². The summed E-state index contributed by atoms with van der Waals surface area (Å²) < 4.78 is 0. The van der Waals surface area contributed by atoms with Crippen molar-refractivity contribution in [2.45, 2.75) is 18.9 Å². The molecule has 1 unspecified atom stereocenters. The summed E-state index contributed by atoms with van der Waals surface area (Å²) in [5, 5.41) is 11.8. The summed E-state index contributed by atoms with van der Waals surface area (Å²) in [4.78, 5) is 18.1. The minimum Gasteiger partial charge on any atom is -0.391 e. The predicted molar refractivity (Wildman–Crippen MR) is 104 cm³/mol. The van der Waals surface area contributed by atoms with Gasteiger partial charge in [0.2, 0.25) is 0 Å². The van der Waals surface area contributed by atoms with E-state index in [2.05, 4.69) is 29.6 Å². The second-order valence-electron chi connectivity index (χ2n) is 6.27. The largest absolute Gasteiger partial charge is 0.391 e. The molecule has 128 valence electrons. The van der Waals surface area contributed by atoms with Crippen molar-refractivity contribution in [1.82, 2.24) is 4.90 Å². The number of piperidine rings is 1. The number of benzene rings is 1. The van der Waals surface area contributed by atoms with Crippen LogP contribution >= 0.6 is 22.7 Å². The maximum atomic E-state index is 12.6. The minimum absolute atomic E-state index is 0.00996. The van der Waals surface area contributed by atoms with E-state index in [0.29, 0.717) is 12.1 Å². The van der Waals surface area contributed by atoms with Gasteiger partial charge in [-0.2, -0.15) is 0 Å². The van der Waals surface area contributed by atoms with E-state index in [1.165, 1.54) is 14.6 Å². The van der Waals surface area contributed by atoms with Gasteiger partial charge in [0.1, 0.15) is 0 Å². The van der Waals surface area contributed by atoms with Crippen LogP contribution in [0.5, 0.6) is 0 Å². The number of β-amino-alcohol motifs (C(OH)–C–C–N with tert-alkyl or cyclic N) is 1. The van der Waals surface area contributed by atoms with Crippen molar-refractivity contribution in [2.24, 2.45) is 0 Å². The van der Waals surface area contributed by atoms with Gasteiger partial charge < -0.3 is 10.0 Å². The van der Waals surface area contributed by atoms with Crippen LogP contribution in [0.25, 0.3) is 20.2 Å². The highest BCUT2D eigenvalue weighted by Crippen LogP contribution is 2.36. The van der Waals surface area contributed by atoms with Crippen LogP contribution in [-0.4, -0.2) is 35.1 Å². The highest BCUT2D eigenvalue weighted by atomic mass is 32.1. The van der Waals surface area contributed by atoms with E-state index >= 15 is 0 Å². The number of amides is 1. The molecule has 3 aromatic rings. The quantitative estimate of drug-likeness (QED) is 0.724. The third-order valence-corrected chi connectivity index (χ3v) is 6.67. The lowest BCUT2D eigenvalue weighted by Gasteiger charge is -2.30. The maximum absolute atomic E-state index is 12.6. The number of likely N-dealkylation sites (tertiary alicyclic amines) is 1. The summed E-state index contributed by atoms with van der Waals surface area (Å²) in [6.45, 7) is 1.17. The fourth-order valence-electron chi connectivity index (χ4n) is 3.14. The van der Waals surface area contributed by atoms with Crippen LogP contribution in [0.1, 0.15) is 23.2 Å². The molecule has 2 aromatic heterocycles. The molecule has 1 fully saturated rings. The van der Waals surface area contributed by atoms with Crippen molar-refractivity contribution in [2.75, 3.05) is 13.1 Å². The molecule has 0 aliphatic carbocycles. The third kappa shape index (κ3) is 3.54. The Morgan fingerprint density at radius 3 is 2.56 bits per heavy atom. The van der Waals surface area contributed by atoms with E-state index < -0.39 is 6.10 Å². The highest BCUT2D eigenvalue weighted by Gasteiger charge is 2.23. The lowest BCUT2D eigenvalue weighted by atomic mass is 10.1. The lowest BCUT2D eigenvalue weighted by Crippen LogP contribution is -2.42. The first kappa shape index (κ1) is 16.5. The fraction of sp³-hybridized carbons (Fsp3) is 0.250. The molecule has 3 heterocycles. The molecule has 0 spiro atoms. The standard InChI is InChI=1S/C20H19NO2S2/c22-16-3-1-11-21(13-16)20(23)15-7-5-14(6-8-15)17-9-10-19(25-17)18-4-2-12-24-18/h2,4-10,12,16,22H,1,3,11,13H2. The summed E-state index contributed by atoms with van der Waals surface area (Å²) >= 11 is 3.51. The van der Waals surface area contributed by atoms with Gasteiger partial charge in [0.15, 0.2) is 0 Å². The second kappa shape index (κ2) is 7.12. The van der Waals surface area contributed by atoms with Crippen molar-refractivity contribution in [1.29, 1.82) is 0 Å². The molecule has 1 amide bonds. The molecule has 1 aliphatic heterocycles. The van der Waals surface area contributed by atoms with Gasteiger partial charge in [0, 0.05) is 33.3 Å². The Hall–Kier alpha value is -1.95. The van der Waals surface area contributed by atoms with E-state index in [4.69, 9.17) is 0 Å². The van der Waals surface area contributed by atoms with Crippen LogP contribution in [0.2, 0.25) is 0 Å². The monoisotopic (exact) mass is 369 g/mol. The number of rotatable bonds is 3. The van der Waals surface area contributed by atoms with E-state index in [1.807, 2.05) is 24.3 Å². The second-order valence-corrected chi connectivity index (χ2v) is 8.30. The average Bonchev–Trinajstić information content (AvgIpc) is 3.32. The number of thiophene rings is 2. The first-order valence-electron chi connectivity index (χ1n) is 8.42. The zero-order valence-corrected chi connectivity index (χ0v) is 15.4. The molecule has 4 rings (SSSR count). The summed E-state index contributed by atoms with van der Waals surface area (Å²) in [5.41, 5.74) is 1.82. The van der Waals surface area contributed by atoms with Gasteiger partial charge in [0.25, 0.3) is 5.91 Å². The molecule has 1 N–H and O–H groups in total. The van der Waals surface area contributed by atoms with Crippen LogP contribution in [-0.2, 0) is 0 Å². The van der Waals surface area contributed by atoms with Crippen LogP contribution in [0.3, 0.4) is 0 Å². The average molecular weight is 370 g/mol. The molecule has 1 aromatic carbocycles. The maximum Gasteiger partial charge on any atom is 0.253 e. The van der Waals surface area contributed by atoms with Gasteiger partial charge >= 0.3 is 0 Å². The van der Waals surface area contributed by atoms with Gasteiger partial charge in [-0.25, -0.2) is 0 Å². The summed E-state index contributed by atoms with van der Waals surface area (Å²) in [6.07, 6.45) is 1.26. The summed E-state index contributed by atoms with van der Waals surface area (Å²) in [7, 11) is 0. The molecule has 0 saturated carbocycles. The Balaban J connectivity index is 1.51. The minimum atomic E-state index is -0.390. The molecular weight excluding hydrogens is 350 g/mol. The highest BCUT2D eigenvalue weighted by molar-refractivity contribution is 7.23. The topological polar surface area (TPSA) is 40.5 Å². The van der Waals surface area contributed by atoms with E-state index in [0.717, 1.165) is 24.9 Å². The number of aliphatic hydroxyl groups is 1. The van der Waals surface area contributed by atoms with Crippen LogP contribution in [0, 0.1) is 0 Å². The number of nitrogens with zero attached hydrogens (tertiary/aromatic N) is 1. The first-order chi connectivity index (χ1) is 12.2. The van der Waals surface area contributed by atoms with E-state index in [1.54, 1.807) is 27.6 Å². The Morgan fingerprint density at radius 1 is 1.04 bits per heavy atom. The van der Waals surface area contributed by atoms with Crippen molar-refractivity contribution < 1.29 is 9.90 Å². The van der Waals surface area contributed by atoms with E-state index in [-0.39, 0.29) is 5.91 Å². The first-order valence-corrected chi connectivity index (χ1v) is 10.1. The van der Waals surface area contributed by atoms with Crippen molar-refractivity contribution in [3.8, 4) is 20.2 Å². The summed E-state index contributed by atoms with van der Waals surface area (Å²) in [5.74, 6) is 0.00996. The SMILES string of the molecule is O=C(c1ccc(-c2ccc(-c3cccs3)s2)cc1)N1CCCC(O)C1. The molecule has 3 nitrogen and oxygen atoms in total. The zero-order valence-electron chi connectivity index (χ0n) is 13.7. The van der Waals surface area contributed by atoms with Crippen molar-refractivity contribution in [3.05, 3.63) is 59.5 Å². The molecule has 0 bridgehead atoms. The van der Waals surface area contributed by atoms with Crippen molar-refractivity contribution >= 4 is 28.6 Å².